The molecule has 0 unspecified atom stereocenters. The maximum absolute atomic E-state index is 11.4. The normalized spacial score (nSPS) is 13.3. The van der Waals surface area contributed by atoms with Crippen molar-refractivity contribution in [2.45, 2.75) is 71.0 Å². The molecule has 85 heavy (non-hydrogen) atoms. The first-order valence-electron chi connectivity index (χ1n) is 28.8. The van der Waals surface area contributed by atoms with Gasteiger partial charge in [0.15, 0.2) is 0 Å². The van der Waals surface area contributed by atoms with Gasteiger partial charge >= 0.3 is 11.9 Å². The number of ether oxygens (including phenoxy) is 3. The van der Waals surface area contributed by atoms with Gasteiger partial charge in [0.05, 0.1) is 32.5 Å². The molecule has 0 saturated heterocycles. The summed E-state index contributed by atoms with van der Waals surface area (Å²) in [6.45, 7) is 6.85. The van der Waals surface area contributed by atoms with Crippen LogP contribution in [0.5, 0.6) is 5.75 Å². The van der Waals surface area contributed by atoms with Crippen LogP contribution in [0.4, 0.5) is 22.7 Å². The van der Waals surface area contributed by atoms with Crippen molar-refractivity contribution in [2.75, 3.05) is 67.5 Å². The Kier molecular flexibility index (Phi) is 23.1. The molecule has 8 aromatic carbocycles. The summed E-state index contributed by atoms with van der Waals surface area (Å²) in [6.07, 6.45) is 9.49. The van der Waals surface area contributed by atoms with Crippen LogP contribution < -0.4 is 35.7 Å². The molecule has 8 aromatic rings. The van der Waals surface area contributed by atoms with Crippen LogP contribution in [0.3, 0.4) is 0 Å². The van der Waals surface area contributed by atoms with Gasteiger partial charge in [-0.25, -0.2) is 20.5 Å². The number of hydrogen-bond acceptors (Lipinski definition) is 13. The number of rotatable bonds is 11. The molecular formula is C70H76N6O9. The van der Waals surface area contributed by atoms with E-state index in [1.165, 1.54) is 96.9 Å². The van der Waals surface area contributed by atoms with Crippen LogP contribution >= 0.6 is 0 Å². The average molecular weight is 1150 g/mol. The summed E-state index contributed by atoms with van der Waals surface area (Å²) in [7, 11) is 4.33. The highest BCUT2D eigenvalue weighted by Crippen LogP contribution is 2.31. The summed E-state index contributed by atoms with van der Waals surface area (Å²) in [5.41, 5.74) is 19.8. The van der Waals surface area contributed by atoms with Gasteiger partial charge in [-0.3, -0.25) is 20.0 Å². The van der Waals surface area contributed by atoms with Crippen molar-refractivity contribution in [1.29, 1.82) is 0 Å². The molecule has 0 aliphatic carbocycles. The van der Waals surface area contributed by atoms with Gasteiger partial charge < -0.3 is 34.2 Å². The molecule has 4 aliphatic heterocycles. The Morgan fingerprint density at radius 3 is 1.09 bits per heavy atom. The van der Waals surface area contributed by atoms with E-state index in [1.54, 1.807) is 66.6 Å². The minimum absolute atomic E-state index is 0.287. The molecule has 12 rings (SSSR count). The Hall–Kier alpha value is -9.44. The van der Waals surface area contributed by atoms with E-state index in [1.807, 2.05) is 48.5 Å². The molecule has 4 aliphatic rings. The second kappa shape index (κ2) is 31.8. The van der Waals surface area contributed by atoms with Crippen molar-refractivity contribution >= 4 is 46.5 Å². The van der Waals surface area contributed by atoms with Gasteiger partial charge in [0.2, 0.25) is 0 Å². The highest BCUT2D eigenvalue weighted by Gasteiger charge is 2.20. The van der Waals surface area contributed by atoms with Gasteiger partial charge in [0.1, 0.15) is 5.75 Å². The Morgan fingerprint density at radius 1 is 0.412 bits per heavy atom. The number of nitrogens with one attached hydrogen (secondary N) is 3. The van der Waals surface area contributed by atoms with Gasteiger partial charge in [0.25, 0.3) is 11.8 Å². The summed E-state index contributed by atoms with van der Waals surface area (Å²) >= 11 is 0. The molecule has 4 heterocycles. The maximum atomic E-state index is 11.4. The first kappa shape index (κ1) is 61.6. The molecule has 0 aromatic heterocycles. The molecule has 15 nitrogen and oxygen atoms in total. The van der Waals surface area contributed by atoms with Crippen molar-refractivity contribution in [3.05, 3.63) is 255 Å². The summed E-state index contributed by atoms with van der Waals surface area (Å²) in [4.78, 5) is 52.2. The van der Waals surface area contributed by atoms with Gasteiger partial charge in [-0.05, 0) is 175 Å². The van der Waals surface area contributed by atoms with E-state index in [4.69, 9.17) is 19.9 Å². The van der Waals surface area contributed by atoms with Gasteiger partial charge in [-0.1, -0.05) is 109 Å². The maximum Gasteiger partial charge on any atom is 0.337 e. The van der Waals surface area contributed by atoms with Crippen molar-refractivity contribution in [3.8, 4) is 5.75 Å². The number of fused-ring (bicyclic) bond motifs is 4. The molecule has 0 bridgehead atoms. The number of hydroxylamine groups is 2. The number of methoxy groups -OCH3 is 3. The van der Waals surface area contributed by atoms with Crippen molar-refractivity contribution in [2.24, 2.45) is 0 Å². The van der Waals surface area contributed by atoms with Crippen LogP contribution in [0.25, 0.3) is 0 Å². The van der Waals surface area contributed by atoms with Crippen LogP contribution in [0, 0.1) is 0 Å². The largest absolute Gasteiger partial charge is 0.497 e. The smallest absolute Gasteiger partial charge is 0.337 e. The summed E-state index contributed by atoms with van der Waals surface area (Å²) in [6, 6.07) is 63.2. The van der Waals surface area contributed by atoms with E-state index in [-0.39, 0.29) is 11.9 Å². The first-order chi connectivity index (χ1) is 41.6. The number of esters is 2. The molecule has 440 valence electrons. The number of para-hydroxylation sites is 4. The van der Waals surface area contributed by atoms with Crippen molar-refractivity contribution in [3.63, 3.8) is 0 Å². The lowest BCUT2D eigenvalue weighted by atomic mass is 10.0. The van der Waals surface area contributed by atoms with E-state index in [2.05, 4.69) is 122 Å². The third-order valence-corrected chi connectivity index (χ3v) is 15.2. The lowest BCUT2D eigenvalue weighted by Crippen LogP contribution is -2.28. The molecule has 2 amide bonds. The number of amides is 2. The van der Waals surface area contributed by atoms with E-state index >= 15 is 0 Å². The standard InChI is InChI=1S/C18H19NO2.2C17H18N2O2.C9H11N.C9H10O3/c1-21-18(20)16-10-8-14(9-11-16)13-19-12-4-6-15-5-2-3-7-17(15)19;2*20-17(18-21)15-9-7-13(8-10-15)12-19-11-3-5-14-4-1-2-6-16(14)19;1-2-6-9-8(4-1)5-3-7-10-9;1-11-8-5-3-7(4-6-8)9(10)12-2/h2-3,5,7-11H,4,6,12-13H2,1H3;2*1-2,4,6-10,21H,3,5,11-12H2,(H,18,20);1-2,4,6,10H,3,5,7H2;3-6H,1-2H3. The van der Waals surface area contributed by atoms with Crippen LogP contribution in [-0.2, 0) is 54.8 Å². The second-order valence-corrected chi connectivity index (χ2v) is 20.8. The van der Waals surface area contributed by atoms with Gasteiger partial charge in [-0.15, -0.1) is 0 Å². The number of hydrogen-bond donors (Lipinski definition) is 5. The van der Waals surface area contributed by atoms with Crippen LogP contribution in [0.2, 0.25) is 0 Å². The van der Waals surface area contributed by atoms with Crippen LogP contribution in [0.15, 0.2) is 194 Å². The Balaban J connectivity index is 0.000000142. The van der Waals surface area contributed by atoms with Gasteiger partial charge in [0, 0.05) is 79.7 Å². The highest BCUT2D eigenvalue weighted by molar-refractivity contribution is 5.94. The number of aryl methyl sites for hydroxylation is 4. The lowest BCUT2D eigenvalue weighted by molar-refractivity contribution is 0.0592. The molecule has 0 fully saturated rings. The zero-order chi connectivity index (χ0) is 59.8. The summed E-state index contributed by atoms with van der Waals surface area (Å²) < 4.78 is 14.2. The summed E-state index contributed by atoms with van der Waals surface area (Å²) in [5.74, 6) is -0.861. The molecule has 0 atom stereocenters. The molecular weight excluding hydrogens is 1070 g/mol. The second-order valence-electron chi connectivity index (χ2n) is 20.8. The lowest BCUT2D eigenvalue weighted by Gasteiger charge is -2.31. The van der Waals surface area contributed by atoms with Crippen molar-refractivity contribution < 1.29 is 43.8 Å². The Bertz CT molecular complexity index is 3130. The molecule has 0 radical (unpaired) electrons. The van der Waals surface area contributed by atoms with E-state index in [9.17, 15) is 19.2 Å². The quantitative estimate of drug-likeness (QED) is 0.0469. The number of benzene rings is 8. The minimum Gasteiger partial charge on any atom is -0.497 e. The highest BCUT2D eigenvalue weighted by atomic mass is 16.5. The zero-order valence-electron chi connectivity index (χ0n) is 48.7. The van der Waals surface area contributed by atoms with Crippen LogP contribution in [-0.4, -0.2) is 81.7 Å². The van der Waals surface area contributed by atoms with Crippen LogP contribution in [0.1, 0.15) is 106 Å². The average Bonchev–Trinajstić information content (AvgIpc) is 3.77. The van der Waals surface area contributed by atoms with E-state index in [0.717, 1.165) is 82.0 Å². The van der Waals surface area contributed by atoms with E-state index in [0.29, 0.717) is 22.3 Å². The fraction of sp³-hybridized carbons (Fsp3) is 0.257. The third kappa shape index (κ3) is 17.5. The zero-order valence-corrected chi connectivity index (χ0v) is 48.7. The number of nitrogens with zero attached hydrogens (tertiary/aromatic N) is 3. The predicted molar refractivity (Wildman–Crippen MR) is 334 cm³/mol. The first-order valence-corrected chi connectivity index (χ1v) is 28.8. The Morgan fingerprint density at radius 2 is 0.741 bits per heavy atom. The molecule has 0 spiro atoms. The monoisotopic (exact) mass is 1140 g/mol. The third-order valence-electron chi connectivity index (χ3n) is 15.2. The Labute approximate surface area is 498 Å². The minimum atomic E-state index is -0.482. The number of carbonyl (C=O) groups is 4. The van der Waals surface area contributed by atoms with Gasteiger partial charge in [-0.2, -0.15) is 0 Å². The fourth-order valence-corrected chi connectivity index (χ4v) is 10.8. The topological polar surface area (TPSA) is 182 Å². The number of anilines is 4. The summed E-state index contributed by atoms with van der Waals surface area (Å²) in [5, 5.41) is 20.6. The molecule has 15 heteroatoms. The molecule has 0 saturated carbocycles. The molecule has 5 N–H and O–H groups in total. The number of carbonyl (C=O) groups excluding carboxylic acids is 4. The SMILES string of the molecule is COC(=O)c1ccc(CN2CCCc3ccccc32)cc1.COC(=O)c1ccc(OC)cc1.O=C(NO)c1ccc(CN2CCCc3ccccc32)cc1.O=C(NO)c1ccc(CN2CCCc3ccccc32)cc1.c1ccc2c(c1)CCCN2. The van der Waals surface area contributed by atoms with Crippen molar-refractivity contribution in [1.82, 2.24) is 11.0 Å². The predicted octanol–water partition coefficient (Wildman–Crippen LogP) is 12.5. The fourth-order valence-electron chi connectivity index (χ4n) is 10.8. The van der Waals surface area contributed by atoms with E-state index < -0.39 is 11.8 Å².